The zero-order chi connectivity index (χ0) is 13.1. The second-order valence-corrected chi connectivity index (χ2v) is 4.83. The number of nitrogens with one attached hydrogen (secondary N) is 2. The van der Waals surface area contributed by atoms with E-state index in [2.05, 4.69) is 10.6 Å². The van der Waals surface area contributed by atoms with E-state index in [9.17, 15) is 4.79 Å². The second-order valence-electron chi connectivity index (χ2n) is 4.83. The molecule has 1 aromatic rings. The predicted octanol–water partition coefficient (Wildman–Crippen LogP) is 1.82. The Morgan fingerprint density at radius 1 is 1.35 bits per heavy atom. The number of amides is 1. The minimum atomic E-state index is -0.497. The molecule has 20 heavy (non-hydrogen) atoms. The first kappa shape index (κ1) is 15.1. The molecule has 1 amide bonds. The van der Waals surface area contributed by atoms with Crippen LogP contribution in [-0.4, -0.2) is 38.4 Å². The van der Waals surface area contributed by atoms with Crippen molar-refractivity contribution < 1.29 is 14.3 Å². The van der Waals surface area contributed by atoms with Crippen molar-refractivity contribution in [3.05, 3.63) is 23.8 Å². The molecule has 6 heteroatoms. The van der Waals surface area contributed by atoms with E-state index in [1.165, 1.54) is 11.3 Å². The van der Waals surface area contributed by atoms with Gasteiger partial charge < -0.3 is 20.1 Å². The van der Waals surface area contributed by atoms with Crippen LogP contribution in [0, 0.1) is 0 Å². The Labute approximate surface area is 124 Å². The minimum Gasteiger partial charge on any atom is -0.385 e. The Balaban J connectivity index is 0.00000147. The lowest BCUT2D eigenvalue weighted by Gasteiger charge is -2.23. The summed E-state index contributed by atoms with van der Waals surface area (Å²) in [6.45, 7) is 2.39. The van der Waals surface area contributed by atoms with E-state index < -0.39 is 6.10 Å². The summed E-state index contributed by atoms with van der Waals surface area (Å²) in [7, 11) is 0. The lowest BCUT2D eigenvalue weighted by molar-refractivity contribution is -0.142. The number of halogens is 1. The number of aryl methyl sites for hydroxylation is 1. The standard InChI is InChI=1S/C14H18N2O3.ClH/c17-14(13-9-18-6-7-19-13)16-11-3-4-12-10(8-11)2-1-5-15-12;/h3-4,8,13,15H,1-2,5-7,9H2,(H,16,17);1H. The number of carbonyl (C=O) groups excluding carboxylic acids is 1. The minimum absolute atomic E-state index is 0. The molecule has 2 aliphatic rings. The lowest BCUT2D eigenvalue weighted by atomic mass is 10.0. The molecule has 2 aliphatic heterocycles. The molecule has 0 saturated carbocycles. The van der Waals surface area contributed by atoms with Gasteiger partial charge >= 0.3 is 0 Å². The van der Waals surface area contributed by atoms with Gasteiger partial charge in [0.2, 0.25) is 0 Å². The molecule has 2 N–H and O–H groups in total. The van der Waals surface area contributed by atoms with Crippen molar-refractivity contribution >= 4 is 29.7 Å². The van der Waals surface area contributed by atoms with Gasteiger partial charge in [-0.15, -0.1) is 12.4 Å². The van der Waals surface area contributed by atoms with Gasteiger partial charge in [-0.2, -0.15) is 0 Å². The average molecular weight is 299 g/mol. The normalized spacial score (nSPS) is 21.1. The SMILES string of the molecule is Cl.O=C(Nc1ccc2c(c1)CCCN2)C1COCCO1. The molecule has 0 spiro atoms. The van der Waals surface area contributed by atoms with Gasteiger partial charge in [-0.1, -0.05) is 0 Å². The van der Waals surface area contributed by atoms with Crippen LogP contribution in [0.5, 0.6) is 0 Å². The Hall–Kier alpha value is -1.30. The second kappa shape index (κ2) is 6.92. The number of hydrogen-bond donors (Lipinski definition) is 2. The zero-order valence-electron chi connectivity index (χ0n) is 11.2. The largest absolute Gasteiger partial charge is 0.385 e. The molecule has 5 nitrogen and oxygen atoms in total. The monoisotopic (exact) mass is 298 g/mol. The van der Waals surface area contributed by atoms with Gasteiger partial charge in [0.1, 0.15) is 0 Å². The van der Waals surface area contributed by atoms with Gasteiger partial charge in [0.25, 0.3) is 5.91 Å². The molecule has 1 fully saturated rings. The average Bonchev–Trinajstić information content (AvgIpc) is 2.48. The highest BCUT2D eigenvalue weighted by molar-refractivity contribution is 5.94. The van der Waals surface area contributed by atoms with Crippen molar-refractivity contribution in [2.45, 2.75) is 18.9 Å². The van der Waals surface area contributed by atoms with Gasteiger partial charge in [0.15, 0.2) is 6.10 Å². The highest BCUT2D eigenvalue weighted by Gasteiger charge is 2.22. The van der Waals surface area contributed by atoms with Crippen LogP contribution in [0.15, 0.2) is 18.2 Å². The van der Waals surface area contributed by atoms with Crippen molar-refractivity contribution in [3.8, 4) is 0 Å². The quantitative estimate of drug-likeness (QED) is 0.874. The third-order valence-corrected chi connectivity index (χ3v) is 3.42. The summed E-state index contributed by atoms with van der Waals surface area (Å²) in [5.74, 6) is -0.136. The van der Waals surface area contributed by atoms with Crippen molar-refractivity contribution in [2.75, 3.05) is 37.0 Å². The third kappa shape index (κ3) is 3.42. The van der Waals surface area contributed by atoms with Crippen molar-refractivity contribution in [1.29, 1.82) is 0 Å². The van der Waals surface area contributed by atoms with E-state index in [1.54, 1.807) is 0 Å². The molecule has 1 atom stereocenters. The summed E-state index contributed by atoms with van der Waals surface area (Å²) < 4.78 is 10.6. The molecule has 110 valence electrons. The Morgan fingerprint density at radius 3 is 3.05 bits per heavy atom. The number of ether oxygens (including phenoxy) is 2. The zero-order valence-corrected chi connectivity index (χ0v) is 12.0. The first-order valence-electron chi connectivity index (χ1n) is 6.70. The number of benzene rings is 1. The molecule has 1 saturated heterocycles. The van der Waals surface area contributed by atoms with Gasteiger partial charge in [0, 0.05) is 17.9 Å². The molecule has 0 aliphatic carbocycles. The summed E-state index contributed by atoms with van der Waals surface area (Å²) >= 11 is 0. The number of carbonyl (C=O) groups is 1. The van der Waals surface area contributed by atoms with Crippen LogP contribution in [0.2, 0.25) is 0 Å². The summed E-state index contributed by atoms with van der Waals surface area (Å²) in [6, 6.07) is 5.96. The fourth-order valence-corrected chi connectivity index (χ4v) is 2.41. The Bertz CT molecular complexity index is 475. The van der Waals surface area contributed by atoms with E-state index >= 15 is 0 Å². The fraction of sp³-hybridized carbons (Fsp3) is 0.500. The maximum atomic E-state index is 12.0. The Kier molecular flexibility index (Phi) is 5.23. The number of fused-ring (bicyclic) bond motifs is 1. The van der Waals surface area contributed by atoms with Crippen LogP contribution in [0.3, 0.4) is 0 Å². The molecule has 2 heterocycles. The van der Waals surface area contributed by atoms with Crippen molar-refractivity contribution in [3.63, 3.8) is 0 Å². The van der Waals surface area contributed by atoms with Crippen LogP contribution in [-0.2, 0) is 20.7 Å². The molecule has 0 aromatic heterocycles. The molecule has 1 aromatic carbocycles. The van der Waals surface area contributed by atoms with E-state index in [0.717, 1.165) is 25.1 Å². The van der Waals surface area contributed by atoms with E-state index in [-0.39, 0.29) is 18.3 Å². The highest BCUT2D eigenvalue weighted by Crippen LogP contribution is 2.25. The Morgan fingerprint density at radius 2 is 2.25 bits per heavy atom. The number of rotatable bonds is 2. The molecule has 1 unspecified atom stereocenters. The summed E-state index contributed by atoms with van der Waals surface area (Å²) in [4.78, 5) is 12.0. The third-order valence-electron chi connectivity index (χ3n) is 3.42. The highest BCUT2D eigenvalue weighted by atomic mass is 35.5. The predicted molar refractivity (Wildman–Crippen MR) is 79.7 cm³/mol. The van der Waals surface area contributed by atoms with Gasteiger partial charge in [-0.05, 0) is 36.6 Å². The van der Waals surface area contributed by atoms with Crippen LogP contribution in [0.25, 0.3) is 0 Å². The van der Waals surface area contributed by atoms with Crippen LogP contribution < -0.4 is 10.6 Å². The van der Waals surface area contributed by atoms with Gasteiger partial charge in [0.05, 0.1) is 19.8 Å². The molecular weight excluding hydrogens is 280 g/mol. The van der Waals surface area contributed by atoms with Crippen molar-refractivity contribution in [2.24, 2.45) is 0 Å². The van der Waals surface area contributed by atoms with Crippen LogP contribution in [0.4, 0.5) is 11.4 Å². The smallest absolute Gasteiger partial charge is 0.255 e. The molecule has 3 rings (SSSR count). The van der Waals surface area contributed by atoms with Crippen LogP contribution >= 0.6 is 12.4 Å². The molecular formula is C14H19ClN2O3. The van der Waals surface area contributed by atoms with Crippen LogP contribution in [0.1, 0.15) is 12.0 Å². The van der Waals surface area contributed by atoms with E-state index in [4.69, 9.17) is 9.47 Å². The van der Waals surface area contributed by atoms with Crippen molar-refractivity contribution in [1.82, 2.24) is 0 Å². The summed E-state index contributed by atoms with van der Waals surface area (Å²) in [5.41, 5.74) is 3.24. The number of hydrogen-bond acceptors (Lipinski definition) is 4. The topological polar surface area (TPSA) is 59.6 Å². The van der Waals surface area contributed by atoms with Gasteiger partial charge in [-0.3, -0.25) is 4.79 Å². The summed E-state index contributed by atoms with van der Waals surface area (Å²) in [6.07, 6.45) is 1.68. The first-order chi connectivity index (χ1) is 9.33. The summed E-state index contributed by atoms with van der Waals surface area (Å²) in [5, 5.41) is 6.24. The maximum Gasteiger partial charge on any atom is 0.255 e. The van der Waals surface area contributed by atoms with E-state index in [0.29, 0.717) is 19.8 Å². The fourth-order valence-electron chi connectivity index (χ4n) is 2.41. The molecule has 0 bridgehead atoms. The van der Waals surface area contributed by atoms with E-state index in [1.807, 2.05) is 18.2 Å². The van der Waals surface area contributed by atoms with Gasteiger partial charge in [-0.25, -0.2) is 0 Å². The number of anilines is 2. The lowest BCUT2D eigenvalue weighted by Crippen LogP contribution is -2.39. The molecule has 0 radical (unpaired) electrons. The maximum absolute atomic E-state index is 12.0. The first-order valence-corrected chi connectivity index (χ1v) is 6.70.